The Balaban J connectivity index is 3.67. The Morgan fingerprint density at radius 1 is 0.571 bits per heavy atom. The summed E-state index contributed by atoms with van der Waals surface area (Å²) in [6.07, 6.45) is 22.2. The minimum atomic E-state index is 0.394. The van der Waals surface area contributed by atoms with E-state index < -0.39 is 0 Å². The number of rotatable bonds is 17. The van der Waals surface area contributed by atoms with Gasteiger partial charge >= 0.3 is 0 Å². The van der Waals surface area contributed by atoms with E-state index in [0.717, 1.165) is 0 Å². The van der Waals surface area contributed by atoms with Crippen LogP contribution < -0.4 is 0 Å². The first-order valence-corrected chi connectivity index (χ1v) is 13.1. The highest BCUT2D eigenvalue weighted by Gasteiger charge is 2.07. The molecule has 0 N–H and O–H groups in total. The fourth-order valence-corrected chi connectivity index (χ4v) is 7.94. The molecule has 2 heteroatoms. The average molecular weight is 332 g/mol. The van der Waals surface area contributed by atoms with Crippen LogP contribution in [-0.2, 0) is 0 Å². The van der Waals surface area contributed by atoms with E-state index in [1.807, 2.05) is 0 Å². The third kappa shape index (κ3) is 17.1. The first-order chi connectivity index (χ1) is 10.3. The van der Waals surface area contributed by atoms with Gasteiger partial charge in [0.1, 0.15) is 0 Å². The molecule has 0 aliphatic carbocycles. The van der Waals surface area contributed by atoms with Crippen LogP contribution in [0.4, 0.5) is 0 Å². The van der Waals surface area contributed by atoms with Gasteiger partial charge in [-0.3, -0.25) is 0 Å². The molecule has 0 aromatic heterocycles. The molecule has 21 heavy (non-hydrogen) atoms. The lowest BCUT2D eigenvalue weighted by Crippen LogP contribution is -1.94. The van der Waals surface area contributed by atoms with E-state index in [1.54, 1.807) is 18.2 Å². The summed E-state index contributed by atoms with van der Waals surface area (Å²) in [6, 6.07) is 0. The van der Waals surface area contributed by atoms with Crippen LogP contribution in [0.25, 0.3) is 0 Å². The molecule has 0 spiro atoms. The molecular weight excluding hydrogens is 290 g/mol. The molecule has 0 saturated carbocycles. The molecule has 0 aromatic carbocycles. The zero-order valence-electron chi connectivity index (χ0n) is 15.3. The van der Waals surface area contributed by atoms with E-state index in [-0.39, 0.29) is 0 Å². The second-order valence-electron chi connectivity index (χ2n) is 6.46. The van der Waals surface area contributed by atoms with Crippen LogP contribution in [0.3, 0.4) is 0 Å². The summed E-state index contributed by atoms with van der Waals surface area (Å²) in [4.78, 5) is 0. The SMILES string of the molecule is CCCCCCPCP(CCCCCC)CCCCCC. The minimum Gasteiger partial charge on any atom is -0.118 e. The van der Waals surface area contributed by atoms with Crippen LogP contribution in [0.5, 0.6) is 0 Å². The van der Waals surface area contributed by atoms with Crippen molar-refractivity contribution in [1.82, 2.24) is 0 Å². The highest BCUT2D eigenvalue weighted by molar-refractivity contribution is 7.67. The van der Waals surface area contributed by atoms with Gasteiger partial charge in [-0.2, -0.15) is 0 Å². The van der Waals surface area contributed by atoms with Gasteiger partial charge < -0.3 is 0 Å². The predicted molar refractivity (Wildman–Crippen MR) is 107 cm³/mol. The highest BCUT2D eigenvalue weighted by atomic mass is 31.2. The average Bonchev–Trinajstić information content (AvgIpc) is 2.50. The lowest BCUT2D eigenvalue weighted by molar-refractivity contribution is 0.696. The maximum Gasteiger partial charge on any atom is -0.0148 e. The molecule has 128 valence electrons. The molecule has 0 aromatic rings. The smallest absolute Gasteiger partial charge is 0.0148 e. The van der Waals surface area contributed by atoms with Crippen LogP contribution in [0.1, 0.15) is 97.8 Å². The van der Waals surface area contributed by atoms with Gasteiger partial charge in [0.15, 0.2) is 0 Å². The topological polar surface area (TPSA) is 0 Å². The zero-order valence-corrected chi connectivity index (χ0v) is 17.2. The third-order valence-electron chi connectivity index (χ3n) is 4.20. The van der Waals surface area contributed by atoms with Gasteiger partial charge in [0.2, 0.25) is 0 Å². The predicted octanol–water partition coefficient (Wildman–Crippen LogP) is 7.85. The van der Waals surface area contributed by atoms with E-state index in [1.165, 1.54) is 91.8 Å². The van der Waals surface area contributed by atoms with Crippen molar-refractivity contribution in [1.29, 1.82) is 0 Å². The Kier molecular flexibility index (Phi) is 19.7. The summed E-state index contributed by atoms with van der Waals surface area (Å²) in [5, 5.41) is 0. The number of unbranched alkanes of at least 4 members (excludes halogenated alkanes) is 9. The van der Waals surface area contributed by atoms with E-state index in [4.69, 9.17) is 0 Å². The normalized spacial score (nSPS) is 12.0. The second kappa shape index (κ2) is 18.9. The molecule has 0 amide bonds. The summed E-state index contributed by atoms with van der Waals surface area (Å²) in [5.41, 5.74) is 0. The molecule has 0 rings (SSSR count). The van der Waals surface area contributed by atoms with Crippen LogP contribution in [0, 0.1) is 0 Å². The van der Waals surface area contributed by atoms with Gasteiger partial charge in [-0.1, -0.05) is 78.6 Å². The van der Waals surface area contributed by atoms with E-state index in [9.17, 15) is 0 Å². The Morgan fingerprint density at radius 2 is 1.05 bits per heavy atom. The zero-order chi connectivity index (χ0) is 15.6. The fraction of sp³-hybridized carbons (Fsp3) is 1.00. The molecule has 0 saturated heterocycles. The molecule has 0 nitrogen and oxygen atoms in total. The Hall–Kier alpha value is 0.860. The van der Waals surface area contributed by atoms with E-state index in [0.29, 0.717) is 7.92 Å². The number of hydrogen-bond acceptors (Lipinski definition) is 0. The van der Waals surface area contributed by atoms with Gasteiger partial charge in [-0.25, -0.2) is 0 Å². The summed E-state index contributed by atoms with van der Waals surface area (Å²) >= 11 is 0. The van der Waals surface area contributed by atoms with Crippen molar-refractivity contribution in [3.8, 4) is 0 Å². The van der Waals surface area contributed by atoms with E-state index >= 15 is 0 Å². The van der Waals surface area contributed by atoms with Crippen LogP contribution in [0.15, 0.2) is 0 Å². The van der Waals surface area contributed by atoms with Gasteiger partial charge in [0.05, 0.1) is 0 Å². The second-order valence-corrected chi connectivity index (χ2v) is 11.0. The van der Waals surface area contributed by atoms with Gasteiger partial charge in [-0.15, -0.1) is 16.5 Å². The molecule has 0 fully saturated rings. The Bertz CT molecular complexity index is 170. The summed E-state index contributed by atoms with van der Waals surface area (Å²) < 4.78 is 0. The van der Waals surface area contributed by atoms with Crippen LogP contribution in [-0.4, -0.2) is 24.4 Å². The Labute approximate surface area is 139 Å². The van der Waals surface area contributed by atoms with Gasteiger partial charge in [-0.05, 0) is 43.7 Å². The largest absolute Gasteiger partial charge is 0.118 e. The minimum absolute atomic E-state index is 0.394. The third-order valence-corrected chi connectivity index (χ3v) is 9.49. The summed E-state index contributed by atoms with van der Waals surface area (Å²) in [7, 11) is 1.67. The lowest BCUT2D eigenvalue weighted by atomic mass is 10.2. The molecule has 1 atom stereocenters. The molecule has 0 bridgehead atoms. The van der Waals surface area contributed by atoms with Gasteiger partial charge in [0.25, 0.3) is 0 Å². The fourth-order valence-electron chi connectivity index (χ4n) is 2.71. The van der Waals surface area contributed by atoms with Crippen molar-refractivity contribution in [3.05, 3.63) is 0 Å². The van der Waals surface area contributed by atoms with Crippen molar-refractivity contribution in [3.63, 3.8) is 0 Å². The van der Waals surface area contributed by atoms with Crippen LogP contribution >= 0.6 is 16.5 Å². The van der Waals surface area contributed by atoms with Crippen molar-refractivity contribution in [2.24, 2.45) is 0 Å². The molecule has 0 heterocycles. The summed E-state index contributed by atoms with van der Waals surface area (Å²) in [5.74, 6) is 1.61. The molecule has 0 aliphatic rings. The number of hydrogen-bond donors (Lipinski definition) is 0. The molecule has 1 unspecified atom stereocenters. The summed E-state index contributed by atoms with van der Waals surface area (Å²) in [6.45, 7) is 6.96. The van der Waals surface area contributed by atoms with Crippen LogP contribution in [0.2, 0.25) is 0 Å². The van der Waals surface area contributed by atoms with Crippen molar-refractivity contribution in [2.45, 2.75) is 97.8 Å². The molecule has 0 aliphatic heterocycles. The first-order valence-electron chi connectivity index (χ1n) is 9.78. The Morgan fingerprint density at radius 3 is 1.52 bits per heavy atom. The van der Waals surface area contributed by atoms with Crippen molar-refractivity contribution >= 4 is 16.5 Å². The van der Waals surface area contributed by atoms with Gasteiger partial charge in [0, 0.05) is 0 Å². The first kappa shape index (κ1) is 21.9. The maximum absolute atomic E-state index is 2.32. The quantitative estimate of drug-likeness (QED) is 0.188. The monoisotopic (exact) mass is 332 g/mol. The maximum atomic E-state index is 2.32. The van der Waals surface area contributed by atoms with Crippen molar-refractivity contribution in [2.75, 3.05) is 24.4 Å². The molecule has 0 radical (unpaired) electrons. The van der Waals surface area contributed by atoms with E-state index in [2.05, 4.69) is 20.8 Å². The standard InChI is InChI=1S/C19H42P2/c1-4-7-10-13-16-20-19-21(17-14-11-8-5-2)18-15-12-9-6-3/h20H,4-19H2,1-3H3. The molecular formula is C19H42P2. The highest BCUT2D eigenvalue weighted by Crippen LogP contribution is 2.43. The van der Waals surface area contributed by atoms with Crippen molar-refractivity contribution < 1.29 is 0 Å². The lowest BCUT2D eigenvalue weighted by Gasteiger charge is -2.18.